The Labute approximate surface area is 180 Å². The molecule has 0 aliphatic carbocycles. The molecule has 1 N–H and O–H groups in total. The fourth-order valence-corrected chi connectivity index (χ4v) is 3.19. The SMILES string of the molecule is COc1ccc(CCNC(=O)COC(=O)c2cc3ccccc3cc2OC)cc1OC. The lowest BCUT2D eigenvalue weighted by Gasteiger charge is -2.11. The van der Waals surface area contributed by atoms with Crippen LogP contribution in [0, 0.1) is 0 Å². The van der Waals surface area contributed by atoms with Crippen LogP contribution in [-0.2, 0) is 16.0 Å². The topological polar surface area (TPSA) is 83.1 Å². The highest BCUT2D eigenvalue weighted by Crippen LogP contribution is 2.28. The molecule has 0 atom stereocenters. The molecule has 0 bridgehead atoms. The lowest BCUT2D eigenvalue weighted by atomic mass is 10.1. The second-order valence-electron chi connectivity index (χ2n) is 6.77. The molecule has 162 valence electrons. The van der Waals surface area contributed by atoms with Gasteiger partial charge in [0.1, 0.15) is 11.3 Å². The quantitative estimate of drug-likeness (QED) is 0.532. The van der Waals surface area contributed by atoms with Gasteiger partial charge in [0.25, 0.3) is 5.91 Å². The first-order valence-corrected chi connectivity index (χ1v) is 9.77. The summed E-state index contributed by atoms with van der Waals surface area (Å²) in [5, 5.41) is 4.57. The maximum absolute atomic E-state index is 12.5. The first-order chi connectivity index (χ1) is 15.0. The van der Waals surface area contributed by atoms with E-state index in [4.69, 9.17) is 18.9 Å². The number of nitrogens with one attached hydrogen (secondary N) is 1. The number of esters is 1. The predicted molar refractivity (Wildman–Crippen MR) is 117 cm³/mol. The molecule has 0 unspecified atom stereocenters. The summed E-state index contributed by atoms with van der Waals surface area (Å²) in [6.45, 7) is 0.0198. The van der Waals surface area contributed by atoms with E-state index in [0.717, 1.165) is 16.3 Å². The molecule has 0 spiro atoms. The molecule has 7 heteroatoms. The molecule has 3 aromatic carbocycles. The van der Waals surface area contributed by atoms with Gasteiger partial charge in [-0.2, -0.15) is 0 Å². The molecule has 0 aliphatic rings. The van der Waals surface area contributed by atoms with Crippen molar-refractivity contribution in [2.45, 2.75) is 6.42 Å². The molecule has 0 fully saturated rings. The largest absolute Gasteiger partial charge is 0.496 e. The highest BCUT2D eigenvalue weighted by Gasteiger charge is 2.16. The number of methoxy groups -OCH3 is 3. The third-order valence-corrected chi connectivity index (χ3v) is 4.81. The molecule has 3 aromatic rings. The van der Waals surface area contributed by atoms with Crippen molar-refractivity contribution in [3.63, 3.8) is 0 Å². The van der Waals surface area contributed by atoms with E-state index in [9.17, 15) is 9.59 Å². The van der Waals surface area contributed by atoms with E-state index in [2.05, 4.69) is 5.32 Å². The fourth-order valence-electron chi connectivity index (χ4n) is 3.19. The Balaban J connectivity index is 1.53. The Morgan fingerprint density at radius 2 is 1.48 bits per heavy atom. The van der Waals surface area contributed by atoms with Crippen molar-refractivity contribution >= 4 is 22.6 Å². The van der Waals surface area contributed by atoms with Crippen LogP contribution in [0.1, 0.15) is 15.9 Å². The first kappa shape index (κ1) is 22.0. The first-order valence-electron chi connectivity index (χ1n) is 9.77. The Morgan fingerprint density at radius 1 is 0.806 bits per heavy atom. The number of hydrogen-bond acceptors (Lipinski definition) is 6. The summed E-state index contributed by atoms with van der Waals surface area (Å²) >= 11 is 0. The minimum absolute atomic E-state index is 0.277. The minimum Gasteiger partial charge on any atom is -0.496 e. The van der Waals surface area contributed by atoms with Crippen LogP contribution in [0.4, 0.5) is 0 Å². The van der Waals surface area contributed by atoms with Crippen molar-refractivity contribution < 1.29 is 28.5 Å². The molecule has 0 saturated heterocycles. The van der Waals surface area contributed by atoms with Crippen LogP contribution in [0.15, 0.2) is 54.6 Å². The van der Waals surface area contributed by atoms with E-state index in [0.29, 0.717) is 30.2 Å². The lowest BCUT2D eigenvalue weighted by Crippen LogP contribution is -2.30. The number of amides is 1. The van der Waals surface area contributed by atoms with Crippen molar-refractivity contribution in [1.82, 2.24) is 5.32 Å². The Hall–Kier alpha value is -3.74. The molecule has 31 heavy (non-hydrogen) atoms. The molecule has 1 amide bonds. The van der Waals surface area contributed by atoms with Gasteiger partial charge in [-0.3, -0.25) is 4.79 Å². The van der Waals surface area contributed by atoms with Crippen molar-refractivity contribution in [3.8, 4) is 17.2 Å². The van der Waals surface area contributed by atoms with Crippen molar-refractivity contribution in [2.24, 2.45) is 0 Å². The zero-order valence-electron chi connectivity index (χ0n) is 17.8. The monoisotopic (exact) mass is 423 g/mol. The third kappa shape index (κ3) is 5.45. The van der Waals surface area contributed by atoms with E-state index >= 15 is 0 Å². The fraction of sp³-hybridized carbons (Fsp3) is 0.250. The van der Waals surface area contributed by atoms with Gasteiger partial charge in [0.2, 0.25) is 0 Å². The van der Waals surface area contributed by atoms with Gasteiger partial charge in [-0.25, -0.2) is 4.79 Å². The van der Waals surface area contributed by atoms with Gasteiger partial charge in [0, 0.05) is 6.54 Å². The summed E-state index contributed by atoms with van der Waals surface area (Å²) < 4.78 is 21.0. The van der Waals surface area contributed by atoms with Gasteiger partial charge in [-0.05, 0) is 47.0 Å². The summed E-state index contributed by atoms with van der Waals surface area (Å²) in [6.07, 6.45) is 0.596. The zero-order valence-corrected chi connectivity index (χ0v) is 17.8. The van der Waals surface area contributed by atoms with Crippen LogP contribution in [0.5, 0.6) is 17.2 Å². The lowest BCUT2D eigenvalue weighted by molar-refractivity contribution is -0.124. The van der Waals surface area contributed by atoms with Crippen molar-refractivity contribution in [1.29, 1.82) is 0 Å². The van der Waals surface area contributed by atoms with Gasteiger partial charge in [-0.15, -0.1) is 0 Å². The normalized spacial score (nSPS) is 10.4. The number of benzene rings is 3. The summed E-state index contributed by atoms with van der Waals surface area (Å²) in [6, 6.07) is 16.7. The van der Waals surface area contributed by atoms with Gasteiger partial charge < -0.3 is 24.3 Å². The van der Waals surface area contributed by atoms with E-state index in [1.54, 1.807) is 26.4 Å². The maximum atomic E-state index is 12.5. The Kier molecular flexibility index (Phi) is 7.32. The highest BCUT2D eigenvalue weighted by molar-refractivity contribution is 5.99. The summed E-state index contributed by atoms with van der Waals surface area (Å²) in [7, 11) is 4.64. The maximum Gasteiger partial charge on any atom is 0.342 e. The van der Waals surface area contributed by atoms with E-state index in [-0.39, 0.29) is 18.1 Å². The smallest absolute Gasteiger partial charge is 0.342 e. The predicted octanol–water partition coefficient (Wildman–Crippen LogP) is 3.38. The number of fused-ring (bicyclic) bond motifs is 1. The van der Waals surface area contributed by atoms with Crippen LogP contribution >= 0.6 is 0 Å². The number of hydrogen-bond donors (Lipinski definition) is 1. The molecular weight excluding hydrogens is 398 g/mol. The molecule has 0 radical (unpaired) electrons. The van der Waals surface area contributed by atoms with E-state index in [1.807, 2.05) is 42.5 Å². The van der Waals surface area contributed by atoms with Crippen LogP contribution in [0.2, 0.25) is 0 Å². The molecule has 0 heterocycles. The van der Waals surface area contributed by atoms with Crippen LogP contribution in [0.3, 0.4) is 0 Å². The van der Waals surface area contributed by atoms with E-state index < -0.39 is 5.97 Å². The summed E-state index contributed by atoms with van der Waals surface area (Å²) in [5.41, 5.74) is 1.26. The van der Waals surface area contributed by atoms with Crippen LogP contribution in [0.25, 0.3) is 10.8 Å². The Morgan fingerprint density at radius 3 is 2.16 bits per heavy atom. The number of rotatable bonds is 9. The molecule has 7 nitrogen and oxygen atoms in total. The highest BCUT2D eigenvalue weighted by atomic mass is 16.5. The molecule has 3 rings (SSSR count). The number of carbonyl (C=O) groups is 2. The second kappa shape index (κ2) is 10.3. The molecule has 0 aliphatic heterocycles. The van der Waals surface area contributed by atoms with Crippen molar-refractivity contribution in [3.05, 3.63) is 65.7 Å². The minimum atomic E-state index is -0.613. The zero-order chi connectivity index (χ0) is 22.2. The number of carbonyl (C=O) groups excluding carboxylic acids is 2. The Bertz CT molecular complexity index is 1080. The van der Waals surface area contributed by atoms with E-state index in [1.165, 1.54) is 7.11 Å². The van der Waals surface area contributed by atoms with Gasteiger partial charge in [-0.1, -0.05) is 30.3 Å². The van der Waals surface area contributed by atoms with Crippen molar-refractivity contribution in [2.75, 3.05) is 34.5 Å². The molecule has 0 aromatic heterocycles. The molecular formula is C24H25NO6. The summed E-state index contributed by atoms with van der Waals surface area (Å²) in [5.74, 6) is 0.680. The molecule has 0 saturated carbocycles. The second-order valence-corrected chi connectivity index (χ2v) is 6.77. The van der Waals surface area contributed by atoms with Crippen LogP contribution in [-0.4, -0.2) is 46.4 Å². The van der Waals surface area contributed by atoms with Gasteiger partial charge >= 0.3 is 5.97 Å². The van der Waals surface area contributed by atoms with Crippen LogP contribution < -0.4 is 19.5 Å². The summed E-state index contributed by atoms with van der Waals surface area (Å²) in [4.78, 5) is 24.6. The van der Waals surface area contributed by atoms with Gasteiger partial charge in [0.15, 0.2) is 18.1 Å². The third-order valence-electron chi connectivity index (χ3n) is 4.81. The number of ether oxygens (including phenoxy) is 4. The average molecular weight is 423 g/mol. The average Bonchev–Trinajstić information content (AvgIpc) is 2.81. The van der Waals surface area contributed by atoms with Gasteiger partial charge in [0.05, 0.1) is 21.3 Å². The standard InChI is InChI=1S/C24H25NO6/c1-28-20-9-8-16(12-22(20)30-3)10-11-25-23(26)15-31-24(27)19-13-17-6-4-5-7-18(17)14-21(19)29-2/h4-9,12-14H,10-11,15H2,1-3H3,(H,25,26).